The first kappa shape index (κ1) is 12.5. The number of para-hydroxylation sites is 1. The average Bonchev–Trinajstić information content (AvgIpc) is 2.40. The fraction of sp³-hybridized carbons (Fsp3) is 0.200. The topological polar surface area (TPSA) is 44.5 Å². The molecule has 0 saturated heterocycles. The first-order chi connectivity index (χ1) is 8.70. The van der Waals surface area contributed by atoms with Gasteiger partial charge in [-0.25, -0.2) is 0 Å². The van der Waals surface area contributed by atoms with Crippen LogP contribution in [0.4, 0.5) is 0 Å². The van der Waals surface area contributed by atoms with Crippen molar-refractivity contribution in [2.45, 2.75) is 13.0 Å². The van der Waals surface area contributed by atoms with Gasteiger partial charge in [0.1, 0.15) is 17.2 Å². The highest BCUT2D eigenvalue weighted by molar-refractivity contribution is 5.40. The first-order valence-corrected chi connectivity index (χ1v) is 5.87. The van der Waals surface area contributed by atoms with Crippen molar-refractivity contribution in [1.82, 2.24) is 0 Å². The zero-order chi connectivity index (χ0) is 13.0. The van der Waals surface area contributed by atoms with Crippen molar-refractivity contribution in [1.29, 1.82) is 0 Å². The standard InChI is InChI=1S/C15H17NO2/c1-11(16)14-5-3-4-6-15(14)18-13-9-7-12(17-2)8-10-13/h3-11H,16H2,1-2H3/t11-/m0/s1. The molecule has 0 saturated carbocycles. The molecule has 2 N–H and O–H groups in total. The number of benzene rings is 2. The van der Waals surface area contributed by atoms with E-state index in [2.05, 4.69) is 0 Å². The Morgan fingerprint density at radius 1 is 0.944 bits per heavy atom. The Morgan fingerprint density at radius 3 is 2.17 bits per heavy atom. The van der Waals surface area contributed by atoms with Crippen molar-refractivity contribution in [2.24, 2.45) is 5.73 Å². The van der Waals surface area contributed by atoms with E-state index in [0.717, 1.165) is 22.8 Å². The summed E-state index contributed by atoms with van der Waals surface area (Å²) in [7, 11) is 1.64. The highest BCUT2D eigenvalue weighted by atomic mass is 16.5. The van der Waals surface area contributed by atoms with Crippen LogP contribution in [0, 0.1) is 0 Å². The first-order valence-electron chi connectivity index (χ1n) is 5.87. The van der Waals surface area contributed by atoms with Gasteiger partial charge >= 0.3 is 0 Å². The summed E-state index contributed by atoms with van der Waals surface area (Å²) in [4.78, 5) is 0. The summed E-state index contributed by atoms with van der Waals surface area (Å²) in [6, 6.07) is 15.2. The molecule has 0 fully saturated rings. The van der Waals surface area contributed by atoms with Gasteiger partial charge in [0.2, 0.25) is 0 Å². The molecule has 0 bridgehead atoms. The SMILES string of the molecule is COc1ccc(Oc2ccccc2[C@H](C)N)cc1. The van der Waals surface area contributed by atoms with Gasteiger partial charge in [-0.15, -0.1) is 0 Å². The molecule has 3 nitrogen and oxygen atoms in total. The molecule has 0 radical (unpaired) electrons. The van der Waals surface area contributed by atoms with Crippen LogP contribution in [0.25, 0.3) is 0 Å². The van der Waals surface area contributed by atoms with E-state index in [4.69, 9.17) is 15.2 Å². The summed E-state index contributed by atoms with van der Waals surface area (Å²) >= 11 is 0. The second-order valence-electron chi connectivity index (χ2n) is 4.10. The molecule has 2 aromatic rings. The number of hydrogen-bond donors (Lipinski definition) is 1. The smallest absolute Gasteiger partial charge is 0.132 e. The van der Waals surface area contributed by atoms with E-state index in [1.165, 1.54) is 0 Å². The van der Waals surface area contributed by atoms with E-state index in [-0.39, 0.29) is 6.04 Å². The third-order valence-electron chi connectivity index (χ3n) is 2.70. The fourth-order valence-electron chi connectivity index (χ4n) is 1.72. The molecule has 0 unspecified atom stereocenters. The lowest BCUT2D eigenvalue weighted by Crippen LogP contribution is -2.06. The molecular formula is C15H17NO2. The van der Waals surface area contributed by atoms with Crippen molar-refractivity contribution in [3.05, 3.63) is 54.1 Å². The van der Waals surface area contributed by atoms with Crippen LogP contribution >= 0.6 is 0 Å². The summed E-state index contributed by atoms with van der Waals surface area (Å²) < 4.78 is 10.9. The monoisotopic (exact) mass is 243 g/mol. The maximum Gasteiger partial charge on any atom is 0.132 e. The molecule has 0 aromatic heterocycles. The molecule has 18 heavy (non-hydrogen) atoms. The minimum absolute atomic E-state index is 0.0561. The maximum absolute atomic E-state index is 5.91. The van der Waals surface area contributed by atoms with E-state index in [1.54, 1.807) is 7.11 Å². The van der Waals surface area contributed by atoms with Crippen LogP contribution in [-0.2, 0) is 0 Å². The predicted octanol–water partition coefficient (Wildman–Crippen LogP) is 3.51. The zero-order valence-corrected chi connectivity index (χ0v) is 10.6. The average molecular weight is 243 g/mol. The summed E-state index contributed by atoms with van der Waals surface area (Å²) in [5.41, 5.74) is 6.91. The van der Waals surface area contributed by atoms with Gasteiger partial charge in [-0.2, -0.15) is 0 Å². The number of hydrogen-bond acceptors (Lipinski definition) is 3. The van der Waals surface area contributed by atoms with Crippen LogP contribution in [0.1, 0.15) is 18.5 Å². The number of rotatable bonds is 4. The lowest BCUT2D eigenvalue weighted by Gasteiger charge is -2.13. The quantitative estimate of drug-likeness (QED) is 0.893. The van der Waals surface area contributed by atoms with E-state index in [1.807, 2.05) is 55.5 Å². The molecule has 94 valence electrons. The molecule has 0 spiro atoms. The van der Waals surface area contributed by atoms with Gasteiger partial charge in [0, 0.05) is 11.6 Å². The molecule has 2 aromatic carbocycles. The van der Waals surface area contributed by atoms with Crippen LogP contribution in [0.2, 0.25) is 0 Å². The molecule has 1 atom stereocenters. The van der Waals surface area contributed by atoms with E-state index in [0.29, 0.717) is 0 Å². The van der Waals surface area contributed by atoms with Gasteiger partial charge in [0.15, 0.2) is 0 Å². The molecule has 2 rings (SSSR count). The Balaban J connectivity index is 2.22. The Kier molecular flexibility index (Phi) is 3.85. The number of nitrogens with two attached hydrogens (primary N) is 1. The van der Waals surface area contributed by atoms with Crippen molar-refractivity contribution >= 4 is 0 Å². The van der Waals surface area contributed by atoms with Crippen LogP contribution in [0.5, 0.6) is 17.2 Å². The summed E-state index contributed by atoms with van der Waals surface area (Å²) in [6.45, 7) is 1.94. The largest absolute Gasteiger partial charge is 0.497 e. The van der Waals surface area contributed by atoms with Gasteiger partial charge < -0.3 is 15.2 Å². The highest BCUT2D eigenvalue weighted by Gasteiger charge is 2.07. The molecule has 0 aliphatic carbocycles. The van der Waals surface area contributed by atoms with E-state index >= 15 is 0 Å². The number of ether oxygens (including phenoxy) is 2. The van der Waals surface area contributed by atoms with Crippen molar-refractivity contribution in [3.8, 4) is 17.2 Å². The van der Waals surface area contributed by atoms with Crippen molar-refractivity contribution in [2.75, 3.05) is 7.11 Å². The zero-order valence-electron chi connectivity index (χ0n) is 10.6. The van der Waals surface area contributed by atoms with Crippen LogP contribution < -0.4 is 15.2 Å². The minimum atomic E-state index is -0.0561. The lowest BCUT2D eigenvalue weighted by molar-refractivity contribution is 0.412. The Hall–Kier alpha value is -2.00. The summed E-state index contributed by atoms with van der Waals surface area (Å²) in [6.07, 6.45) is 0. The molecule has 0 aliphatic rings. The van der Waals surface area contributed by atoms with Crippen molar-refractivity contribution < 1.29 is 9.47 Å². The maximum atomic E-state index is 5.91. The van der Waals surface area contributed by atoms with Crippen LogP contribution in [0.3, 0.4) is 0 Å². The van der Waals surface area contributed by atoms with Gasteiger partial charge in [-0.05, 0) is 37.3 Å². The summed E-state index contributed by atoms with van der Waals surface area (Å²) in [5.74, 6) is 2.37. The second kappa shape index (κ2) is 5.56. The predicted molar refractivity (Wildman–Crippen MR) is 72.1 cm³/mol. The van der Waals surface area contributed by atoms with Gasteiger partial charge in [0.05, 0.1) is 7.11 Å². The highest BCUT2D eigenvalue weighted by Crippen LogP contribution is 2.29. The van der Waals surface area contributed by atoms with Gasteiger partial charge in [0.25, 0.3) is 0 Å². The molecule has 0 aliphatic heterocycles. The molecule has 0 amide bonds. The normalized spacial score (nSPS) is 11.9. The Bertz CT molecular complexity index is 506. The van der Waals surface area contributed by atoms with Crippen LogP contribution in [0.15, 0.2) is 48.5 Å². The Morgan fingerprint density at radius 2 is 1.56 bits per heavy atom. The van der Waals surface area contributed by atoms with E-state index in [9.17, 15) is 0 Å². The number of methoxy groups -OCH3 is 1. The van der Waals surface area contributed by atoms with Crippen LogP contribution in [-0.4, -0.2) is 7.11 Å². The second-order valence-corrected chi connectivity index (χ2v) is 4.10. The third-order valence-corrected chi connectivity index (χ3v) is 2.70. The third kappa shape index (κ3) is 2.81. The fourth-order valence-corrected chi connectivity index (χ4v) is 1.72. The van der Waals surface area contributed by atoms with Gasteiger partial charge in [-0.1, -0.05) is 18.2 Å². The Labute approximate surface area is 107 Å². The van der Waals surface area contributed by atoms with E-state index < -0.39 is 0 Å². The molecule has 3 heteroatoms. The summed E-state index contributed by atoms with van der Waals surface area (Å²) in [5, 5.41) is 0. The lowest BCUT2D eigenvalue weighted by atomic mass is 10.1. The molecule has 0 heterocycles. The van der Waals surface area contributed by atoms with Crippen molar-refractivity contribution in [3.63, 3.8) is 0 Å². The van der Waals surface area contributed by atoms with Gasteiger partial charge in [-0.3, -0.25) is 0 Å². The minimum Gasteiger partial charge on any atom is -0.497 e. The molecular weight excluding hydrogens is 226 g/mol.